The first-order valence-electron chi connectivity index (χ1n) is 6.26. The van der Waals surface area contributed by atoms with Gasteiger partial charge in [-0.2, -0.15) is 0 Å². The summed E-state index contributed by atoms with van der Waals surface area (Å²) in [4.78, 5) is 13.3. The molecule has 1 saturated heterocycles. The zero-order valence-corrected chi connectivity index (χ0v) is 10.6. The highest BCUT2D eigenvalue weighted by Gasteiger charge is 2.29. The van der Waals surface area contributed by atoms with Gasteiger partial charge in [0.15, 0.2) is 0 Å². The molecule has 0 radical (unpaired) electrons. The second-order valence-electron chi connectivity index (χ2n) is 4.65. The number of carbonyl (C=O) groups is 1. The summed E-state index contributed by atoms with van der Waals surface area (Å²) in [6.07, 6.45) is 2.48. The fraction of sp³-hybridized carbons (Fsp3) is 0.917. The van der Waals surface area contributed by atoms with E-state index in [1.807, 2.05) is 7.05 Å². The Balaban J connectivity index is 2.31. The molecule has 1 aliphatic heterocycles. The largest absolute Gasteiger partial charge is 0.392 e. The number of nitrogens with zero attached hydrogens (tertiary/aromatic N) is 1. The predicted molar refractivity (Wildman–Crippen MR) is 64.1 cm³/mol. The third-order valence-electron chi connectivity index (χ3n) is 3.59. The first-order chi connectivity index (χ1) is 7.60. The Morgan fingerprint density at radius 3 is 2.56 bits per heavy atom. The van der Waals surface area contributed by atoms with Crippen LogP contribution >= 0.6 is 0 Å². The van der Waals surface area contributed by atoms with Crippen LogP contribution in [0.15, 0.2) is 0 Å². The highest BCUT2D eigenvalue weighted by molar-refractivity contribution is 5.83. The Bertz CT molecular complexity index is 229. The Kier molecular flexibility index (Phi) is 5.22. The van der Waals surface area contributed by atoms with Crippen LogP contribution in [0, 0.1) is 5.92 Å². The van der Waals surface area contributed by atoms with Crippen LogP contribution in [-0.2, 0) is 4.79 Å². The first kappa shape index (κ1) is 13.5. The molecular formula is C12H24N2O2. The summed E-state index contributed by atoms with van der Waals surface area (Å²) in [7, 11) is 1.82. The number of likely N-dealkylation sites (tertiary alicyclic amines) is 1. The molecule has 0 saturated carbocycles. The van der Waals surface area contributed by atoms with Crippen molar-refractivity contribution in [3.05, 3.63) is 0 Å². The molecule has 0 aromatic rings. The maximum atomic E-state index is 11.6. The number of likely N-dealkylation sites (N-methyl/N-ethyl adjacent to an activating group) is 1. The SMILES string of the molecule is CCC(CC)C(O)CNC1CCN(C)C1=O. The van der Waals surface area contributed by atoms with E-state index in [4.69, 9.17) is 0 Å². The summed E-state index contributed by atoms with van der Waals surface area (Å²) in [5.41, 5.74) is 0. The van der Waals surface area contributed by atoms with Crippen molar-refractivity contribution < 1.29 is 9.90 Å². The first-order valence-corrected chi connectivity index (χ1v) is 6.26. The third-order valence-corrected chi connectivity index (χ3v) is 3.59. The van der Waals surface area contributed by atoms with Crippen molar-refractivity contribution in [1.82, 2.24) is 10.2 Å². The minimum absolute atomic E-state index is 0.0889. The Labute approximate surface area is 98.0 Å². The van der Waals surface area contributed by atoms with Crippen molar-refractivity contribution in [3.63, 3.8) is 0 Å². The van der Waals surface area contributed by atoms with E-state index in [1.165, 1.54) is 0 Å². The second kappa shape index (κ2) is 6.21. The molecule has 16 heavy (non-hydrogen) atoms. The normalized spacial score (nSPS) is 23.2. The fourth-order valence-corrected chi connectivity index (χ4v) is 2.27. The molecule has 94 valence electrons. The molecule has 1 fully saturated rings. The van der Waals surface area contributed by atoms with E-state index in [0.29, 0.717) is 12.5 Å². The van der Waals surface area contributed by atoms with Crippen LogP contribution in [0.4, 0.5) is 0 Å². The predicted octanol–water partition coefficient (Wildman–Crippen LogP) is 0.604. The molecule has 2 unspecified atom stereocenters. The van der Waals surface area contributed by atoms with E-state index in [0.717, 1.165) is 25.8 Å². The second-order valence-corrected chi connectivity index (χ2v) is 4.65. The molecule has 4 nitrogen and oxygen atoms in total. The third kappa shape index (κ3) is 3.19. The number of hydrogen-bond acceptors (Lipinski definition) is 3. The van der Waals surface area contributed by atoms with Gasteiger partial charge < -0.3 is 15.3 Å². The minimum atomic E-state index is -0.339. The van der Waals surface area contributed by atoms with E-state index in [2.05, 4.69) is 19.2 Å². The van der Waals surface area contributed by atoms with Gasteiger partial charge in [-0.3, -0.25) is 4.79 Å². The zero-order valence-electron chi connectivity index (χ0n) is 10.6. The van der Waals surface area contributed by atoms with E-state index >= 15 is 0 Å². The Morgan fingerprint density at radius 1 is 1.50 bits per heavy atom. The highest BCUT2D eigenvalue weighted by Crippen LogP contribution is 2.14. The summed E-state index contributed by atoms with van der Waals surface area (Å²) in [6.45, 7) is 5.52. The van der Waals surface area contributed by atoms with Gasteiger partial charge in [0.1, 0.15) is 0 Å². The minimum Gasteiger partial charge on any atom is -0.392 e. The molecule has 1 rings (SSSR count). The van der Waals surface area contributed by atoms with Crippen molar-refractivity contribution >= 4 is 5.91 Å². The summed E-state index contributed by atoms with van der Waals surface area (Å²) in [6, 6.07) is -0.0889. The number of nitrogens with one attached hydrogen (secondary N) is 1. The van der Waals surface area contributed by atoms with Crippen molar-refractivity contribution in [3.8, 4) is 0 Å². The quantitative estimate of drug-likeness (QED) is 0.700. The lowest BCUT2D eigenvalue weighted by Gasteiger charge is -2.22. The Hall–Kier alpha value is -0.610. The summed E-state index contributed by atoms with van der Waals surface area (Å²) in [5, 5.41) is 13.1. The van der Waals surface area contributed by atoms with Gasteiger partial charge in [-0.25, -0.2) is 0 Å². The van der Waals surface area contributed by atoms with Gasteiger partial charge in [-0.1, -0.05) is 26.7 Å². The molecule has 0 aromatic carbocycles. The van der Waals surface area contributed by atoms with Crippen molar-refractivity contribution in [1.29, 1.82) is 0 Å². The molecule has 1 heterocycles. The van der Waals surface area contributed by atoms with Gasteiger partial charge in [0.2, 0.25) is 5.91 Å². The van der Waals surface area contributed by atoms with Crippen molar-refractivity contribution in [2.75, 3.05) is 20.1 Å². The highest BCUT2D eigenvalue weighted by atomic mass is 16.3. The van der Waals surface area contributed by atoms with Crippen LogP contribution in [0.1, 0.15) is 33.1 Å². The number of aliphatic hydroxyl groups excluding tert-OH is 1. The fourth-order valence-electron chi connectivity index (χ4n) is 2.27. The van der Waals surface area contributed by atoms with Gasteiger partial charge in [0, 0.05) is 20.1 Å². The molecule has 1 aliphatic rings. The standard InChI is InChI=1S/C12H24N2O2/c1-4-9(5-2)11(15)8-13-10-6-7-14(3)12(10)16/h9-11,13,15H,4-8H2,1-3H3. The van der Waals surface area contributed by atoms with Crippen LogP contribution in [0.2, 0.25) is 0 Å². The summed E-state index contributed by atoms with van der Waals surface area (Å²) < 4.78 is 0. The zero-order chi connectivity index (χ0) is 12.1. The molecule has 2 atom stereocenters. The average molecular weight is 228 g/mol. The number of amides is 1. The lowest BCUT2D eigenvalue weighted by atomic mass is 9.96. The van der Waals surface area contributed by atoms with Crippen molar-refractivity contribution in [2.45, 2.75) is 45.3 Å². The van der Waals surface area contributed by atoms with Crippen LogP contribution in [0.3, 0.4) is 0 Å². The molecule has 4 heteroatoms. The van der Waals surface area contributed by atoms with Gasteiger partial charge in [0.05, 0.1) is 12.1 Å². The lowest BCUT2D eigenvalue weighted by molar-refractivity contribution is -0.128. The Morgan fingerprint density at radius 2 is 2.12 bits per heavy atom. The molecule has 0 spiro atoms. The molecular weight excluding hydrogens is 204 g/mol. The van der Waals surface area contributed by atoms with E-state index in [-0.39, 0.29) is 18.1 Å². The molecule has 1 amide bonds. The van der Waals surface area contributed by atoms with E-state index in [1.54, 1.807) is 4.90 Å². The molecule has 0 bridgehead atoms. The van der Waals surface area contributed by atoms with Crippen molar-refractivity contribution in [2.24, 2.45) is 5.92 Å². The van der Waals surface area contributed by atoms with Crippen LogP contribution in [0.25, 0.3) is 0 Å². The lowest BCUT2D eigenvalue weighted by Crippen LogP contribution is -2.42. The smallest absolute Gasteiger partial charge is 0.239 e. The van der Waals surface area contributed by atoms with E-state index < -0.39 is 0 Å². The van der Waals surface area contributed by atoms with Gasteiger partial charge in [0.25, 0.3) is 0 Å². The van der Waals surface area contributed by atoms with Gasteiger partial charge in [-0.15, -0.1) is 0 Å². The van der Waals surface area contributed by atoms with Crippen LogP contribution in [0.5, 0.6) is 0 Å². The van der Waals surface area contributed by atoms with Crippen LogP contribution in [-0.4, -0.2) is 48.2 Å². The number of aliphatic hydroxyl groups is 1. The molecule has 0 aliphatic carbocycles. The van der Waals surface area contributed by atoms with E-state index in [9.17, 15) is 9.90 Å². The summed E-state index contributed by atoms with van der Waals surface area (Å²) in [5.74, 6) is 0.485. The average Bonchev–Trinajstić information content (AvgIpc) is 2.59. The van der Waals surface area contributed by atoms with Gasteiger partial charge in [-0.05, 0) is 12.3 Å². The van der Waals surface area contributed by atoms with Crippen LogP contribution < -0.4 is 5.32 Å². The topological polar surface area (TPSA) is 52.6 Å². The number of rotatable bonds is 6. The maximum absolute atomic E-state index is 11.6. The molecule has 0 aromatic heterocycles. The number of carbonyl (C=O) groups excluding carboxylic acids is 1. The maximum Gasteiger partial charge on any atom is 0.239 e. The molecule has 2 N–H and O–H groups in total. The monoisotopic (exact) mass is 228 g/mol. The van der Waals surface area contributed by atoms with Gasteiger partial charge >= 0.3 is 0 Å². The number of hydrogen-bond donors (Lipinski definition) is 2. The summed E-state index contributed by atoms with van der Waals surface area (Å²) >= 11 is 0.